The third-order valence-electron chi connectivity index (χ3n) is 5.70. The first kappa shape index (κ1) is 15.5. The van der Waals surface area contributed by atoms with Crippen LogP contribution in [0, 0.1) is 5.92 Å². The molecule has 0 unspecified atom stereocenters. The first-order valence-electron chi connectivity index (χ1n) is 9.05. The van der Waals surface area contributed by atoms with Crippen molar-refractivity contribution in [3.05, 3.63) is 59.0 Å². The molecule has 0 aliphatic heterocycles. The van der Waals surface area contributed by atoms with Gasteiger partial charge < -0.3 is 9.32 Å². The Morgan fingerprint density at radius 2 is 2.04 bits per heavy atom. The Balaban J connectivity index is 1.35. The summed E-state index contributed by atoms with van der Waals surface area (Å²) in [7, 11) is 1.94. The summed E-state index contributed by atoms with van der Waals surface area (Å²) in [5.74, 6) is 3.60. The molecule has 2 aromatic rings. The van der Waals surface area contributed by atoms with Crippen LogP contribution in [0.25, 0.3) is 0 Å². The number of rotatable bonds is 5. The zero-order valence-corrected chi connectivity index (χ0v) is 14.5. The van der Waals surface area contributed by atoms with E-state index in [1.807, 2.05) is 18.0 Å². The summed E-state index contributed by atoms with van der Waals surface area (Å²) in [6.07, 6.45) is 4.54. The van der Waals surface area contributed by atoms with Gasteiger partial charge in [-0.2, -0.15) is 0 Å². The third-order valence-corrected chi connectivity index (χ3v) is 5.70. The summed E-state index contributed by atoms with van der Waals surface area (Å²) in [6, 6.07) is 12.8. The molecule has 2 aliphatic rings. The predicted octanol–water partition coefficient (Wildman–Crippen LogP) is 4.48. The van der Waals surface area contributed by atoms with Crippen LogP contribution in [-0.4, -0.2) is 17.9 Å². The monoisotopic (exact) mass is 323 g/mol. The topological polar surface area (TPSA) is 33.5 Å². The molecule has 1 saturated carbocycles. The lowest BCUT2D eigenvalue weighted by Gasteiger charge is -2.25. The van der Waals surface area contributed by atoms with Crippen molar-refractivity contribution in [1.82, 2.24) is 4.90 Å². The number of hydrogen-bond acceptors (Lipinski definition) is 2. The maximum absolute atomic E-state index is 12.6. The second-order valence-corrected chi connectivity index (χ2v) is 7.38. The molecule has 1 aromatic carbocycles. The van der Waals surface area contributed by atoms with E-state index in [-0.39, 0.29) is 11.9 Å². The summed E-state index contributed by atoms with van der Waals surface area (Å²) in [5.41, 5.74) is 2.70. The normalized spacial score (nSPS) is 24.7. The van der Waals surface area contributed by atoms with Crippen molar-refractivity contribution in [3.8, 4) is 0 Å². The van der Waals surface area contributed by atoms with Crippen molar-refractivity contribution in [2.24, 2.45) is 5.92 Å². The van der Waals surface area contributed by atoms with Gasteiger partial charge in [-0.1, -0.05) is 31.2 Å². The van der Waals surface area contributed by atoms with Gasteiger partial charge >= 0.3 is 0 Å². The van der Waals surface area contributed by atoms with Gasteiger partial charge in [-0.15, -0.1) is 0 Å². The van der Waals surface area contributed by atoms with Gasteiger partial charge in [0.25, 0.3) is 0 Å². The van der Waals surface area contributed by atoms with Crippen molar-refractivity contribution < 1.29 is 9.21 Å². The van der Waals surface area contributed by atoms with E-state index in [1.54, 1.807) is 0 Å². The van der Waals surface area contributed by atoms with E-state index in [1.165, 1.54) is 17.5 Å². The molecule has 0 radical (unpaired) electrons. The van der Waals surface area contributed by atoms with Crippen LogP contribution in [0.4, 0.5) is 0 Å². The number of aryl methyl sites for hydroxylation is 2. The molecule has 4 rings (SSSR count). The van der Waals surface area contributed by atoms with Gasteiger partial charge in [0.2, 0.25) is 5.91 Å². The third kappa shape index (κ3) is 2.88. The molecule has 0 bridgehead atoms. The molecule has 2 aliphatic carbocycles. The quantitative estimate of drug-likeness (QED) is 0.813. The van der Waals surface area contributed by atoms with Gasteiger partial charge in [0.15, 0.2) is 0 Å². The van der Waals surface area contributed by atoms with Crippen LogP contribution in [-0.2, 0) is 17.6 Å². The molecule has 1 fully saturated rings. The number of benzene rings is 1. The second-order valence-electron chi connectivity index (χ2n) is 7.38. The number of furan rings is 1. The van der Waals surface area contributed by atoms with Crippen LogP contribution in [0.15, 0.2) is 40.8 Å². The van der Waals surface area contributed by atoms with Crippen LogP contribution in [0.3, 0.4) is 0 Å². The van der Waals surface area contributed by atoms with Gasteiger partial charge in [0.1, 0.15) is 11.5 Å². The fourth-order valence-electron chi connectivity index (χ4n) is 3.96. The Bertz CT molecular complexity index is 748. The van der Waals surface area contributed by atoms with Crippen LogP contribution in [0.2, 0.25) is 0 Å². The lowest BCUT2D eigenvalue weighted by molar-refractivity contribution is -0.132. The van der Waals surface area contributed by atoms with E-state index < -0.39 is 0 Å². The summed E-state index contributed by atoms with van der Waals surface area (Å²) in [5, 5.41) is 0. The van der Waals surface area contributed by atoms with Crippen molar-refractivity contribution in [2.75, 3.05) is 7.05 Å². The van der Waals surface area contributed by atoms with Crippen molar-refractivity contribution in [3.63, 3.8) is 0 Å². The SMILES string of the molecule is C[C@@H]1C[C@@H]1c1ccc(CCC(=O)N(C)[C@@H]2CCc3ccccc32)o1. The molecule has 3 nitrogen and oxygen atoms in total. The molecular weight excluding hydrogens is 298 g/mol. The minimum atomic E-state index is 0.203. The summed E-state index contributed by atoms with van der Waals surface area (Å²) < 4.78 is 5.92. The van der Waals surface area contributed by atoms with Gasteiger partial charge in [-0.05, 0) is 48.4 Å². The Morgan fingerprint density at radius 1 is 1.25 bits per heavy atom. The highest BCUT2D eigenvalue weighted by Crippen LogP contribution is 2.47. The molecular formula is C21H25NO2. The number of hydrogen-bond donors (Lipinski definition) is 0. The van der Waals surface area contributed by atoms with Crippen molar-refractivity contribution in [1.29, 1.82) is 0 Å². The summed E-state index contributed by atoms with van der Waals surface area (Å²) >= 11 is 0. The van der Waals surface area contributed by atoms with Crippen molar-refractivity contribution >= 4 is 5.91 Å². The molecule has 3 atom stereocenters. The fraction of sp³-hybridized carbons (Fsp3) is 0.476. The standard InChI is InChI=1S/C21H25NO2/c1-14-13-18(14)20-11-8-16(24-20)9-12-21(23)22(2)19-10-7-15-5-3-4-6-17(15)19/h3-6,8,11,14,18-19H,7,9-10,12-13H2,1-2H3/t14-,18+,19-/m1/s1. The second kappa shape index (κ2) is 6.12. The highest BCUT2D eigenvalue weighted by atomic mass is 16.3. The Morgan fingerprint density at radius 3 is 2.83 bits per heavy atom. The number of carbonyl (C=O) groups excluding carboxylic acids is 1. The molecule has 0 saturated heterocycles. The van der Waals surface area contributed by atoms with Gasteiger partial charge in [-0.25, -0.2) is 0 Å². The molecule has 1 heterocycles. The van der Waals surface area contributed by atoms with E-state index in [0.29, 0.717) is 18.8 Å². The number of carbonyl (C=O) groups is 1. The maximum atomic E-state index is 12.6. The van der Waals surface area contributed by atoms with Gasteiger partial charge in [0.05, 0.1) is 6.04 Å². The van der Waals surface area contributed by atoms with Gasteiger partial charge in [-0.3, -0.25) is 4.79 Å². The first-order valence-corrected chi connectivity index (χ1v) is 9.05. The van der Waals surface area contributed by atoms with E-state index >= 15 is 0 Å². The predicted molar refractivity (Wildman–Crippen MR) is 93.8 cm³/mol. The maximum Gasteiger partial charge on any atom is 0.223 e. The summed E-state index contributed by atoms with van der Waals surface area (Å²) in [4.78, 5) is 14.5. The fourth-order valence-corrected chi connectivity index (χ4v) is 3.96. The van der Waals surface area contributed by atoms with E-state index in [9.17, 15) is 4.79 Å². The molecule has 3 heteroatoms. The highest BCUT2D eigenvalue weighted by Gasteiger charge is 2.36. The van der Waals surface area contributed by atoms with Crippen LogP contribution in [0.5, 0.6) is 0 Å². The van der Waals surface area contributed by atoms with E-state index in [0.717, 1.165) is 30.3 Å². The van der Waals surface area contributed by atoms with Crippen LogP contribution < -0.4 is 0 Å². The average molecular weight is 323 g/mol. The van der Waals surface area contributed by atoms with Crippen LogP contribution in [0.1, 0.15) is 60.8 Å². The van der Waals surface area contributed by atoms with Crippen LogP contribution >= 0.6 is 0 Å². The molecule has 126 valence electrons. The molecule has 1 amide bonds. The van der Waals surface area contributed by atoms with Gasteiger partial charge in [0, 0.05) is 25.8 Å². The zero-order chi connectivity index (χ0) is 16.7. The lowest BCUT2D eigenvalue weighted by atomic mass is 10.1. The zero-order valence-electron chi connectivity index (χ0n) is 14.5. The van der Waals surface area contributed by atoms with E-state index in [4.69, 9.17) is 4.42 Å². The largest absolute Gasteiger partial charge is 0.466 e. The number of fused-ring (bicyclic) bond motifs is 1. The molecule has 24 heavy (non-hydrogen) atoms. The molecule has 1 aromatic heterocycles. The van der Waals surface area contributed by atoms with E-state index in [2.05, 4.69) is 37.3 Å². The minimum Gasteiger partial charge on any atom is -0.466 e. The summed E-state index contributed by atoms with van der Waals surface area (Å²) in [6.45, 7) is 2.25. The first-order chi connectivity index (χ1) is 11.6. The molecule has 0 spiro atoms. The number of amides is 1. The minimum absolute atomic E-state index is 0.203. The smallest absolute Gasteiger partial charge is 0.223 e. The Labute approximate surface area is 143 Å². The molecule has 0 N–H and O–H groups in total. The average Bonchev–Trinajstić information content (AvgIpc) is 3.03. The Kier molecular flexibility index (Phi) is 3.95. The highest BCUT2D eigenvalue weighted by molar-refractivity contribution is 5.76. The lowest BCUT2D eigenvalue weighted by Crippen LogP contribution is -2.30. The number of nitrogens with zero attached hydrogens (tertiary/aromatic N) is 1. The Hall–Kier alpha value is -2.03. The van der Waals surface area contributed by atoms with Crippen molar-refractivity contribution in [2.45, 2.75) is 51.0 Å².